The van der Waals surface area contributed by atoms with E-state index < -0.39 is 6.04 Å². The second-order valence-corrected chi connectivity index (χ2v) is 0.840. The maximum Gasteiger partial charge on any atom is 1.00 e. The van der Waals surface area contributed by atoms with Crippen molar-refractivity contribution in [1.29, 1.82) is 0 Å². The van der Waals surface area contributed by atoms with Crippen LogP contribution in [0.15, 0.2) is 0 Å². The van der Waals surface area contributed by atoms with Crippen molar-refractivity contribution in [2.24, 2.45) is 0 Å². The third-order valence-electron chi connectivity index (χ3n) is 0.177. The van der Waals surface area contributed by atoms with Gasteiger partial charge < -0.3 is 10.5 Å². The van der Waals surface area contributed by atoms with Crippen LogP contribution in [0.3, 0.4) is 0 Å². The number of nitrogens with one attached hydrogen (secondary N) is 1. The fraction of sp³-hybridized carbons (Fsp3) is 0.667. The normalized spacial score (nSPS) is 10.0. The Hall–Kier alpha value is 2.95. The van der Waals surface area contributed by atoms with E-state index in [1.807, 2.05) is 0 Å². The van der Waals surface area contributed by atoms with Gasteiger partial charge in [0.25, 0.3) is 0 Å². The van der Waals surface area contributed by atoms with Crippen molar-refractivity contribution in [2.75, 3.05) is 0 Å². The standard InChI is InChI=1S/C3H5NO.Rb.Yb/c1-3(4)2-5;;/h3-4H,1H3;;/q-2;+1;. The van der Waals surface area contributed by atoms with E-state index >= 15 is 0 Å². The van der Waals surface area contributed by atoms with Gasteiger partial charge in [0.05, 0.1) is 0 Å². The maximum atomic E-state index is 9.19. The summed E-state index contributed by atoms with van der Waals surface area (Å²) in [6.45, 7) is 1.47. The van der Waals surface area contributed by atoms with Gasteiger partial charge in [-0.2, -0.15) is 0 Å². The average molecular weight is 330 g/mol. The summed E-state index contributed by atoms with van der Waals surface area (Å²) in [5.41, 5.74) is 6.40. The summed E-state index contributed by atoms with van der Waals surface area (Å²) in [6, 6.07) is -0.671. The monoisotopic (exact) mass is 330 g/mol. The zero-order chi connectivity index (χ0) is 4.28. The molecule has 0 radical (unpaired) electrons. The Kier molecular flexibility index (Phi) is 27.6. The average Bonchev–Trinajstić information content (AvgIpc) is 1.38. The largest absolute Gasteiger partial charge is 1.00 e. The van der Waals surface area contributed by atoms with Crippen molar-refractivity contribution < 1.29 is 110 Å². The fourth-order valence-electron chi connectivity index (χ4n) is 0. The summed E-state index contributed by atoms with van der Waals surface area (Å²) in [7, 11) is 0. The molecule has 4 heteroatoms. The topological polar surface area (TPSA) is 40.9 Å². The predicted molar refractivity (Wildman–Crippen MR) is 19.5 cm³/mol. The van der Waals surface area contributed by atoms with Crippen molar-refractivity contribution in [3.63, 3.8) is 0 Å². The Morgan fingerprint density at radius 1 is 1.71 bits per heavy atom. The van der Waals surface area contributed by atoms with Crippen LogP contribution in [0.5, 0.6) is 0 Å². The molecule has 0 aromatic heterocycles. The van der Waals surface area contributed by atoms with Crippen LogP contribution >= 0.6 is 0 Å². The summed E-state index contributed by atoms with van der Waals surface area (Å²) in [4.78, 5) is 9.19. The Morgan fingerprint density at radius 3 is 1.86 bits per heavy atom. The van der Waals surface area contributed by atoms with Gasteiger partial charge in [0.1, 0.15) is 0 Å². The van der Waals surface area contributed by atoms with Gasteiger partial charge in [-0.3, -0.25) is 6.29 Å². The van der Waals surface area contributed by atoms with Crippen LogP contribution in [0.25, 0.3) is 5.73 Å². The first kappa shape index (κ1) is 16.5. The van der Waals surface area contributed by atoms with Crippen LogP contribution in [-0.2, 0) is 4.79 Å². The molecule has 1 N–H and O–H groups in total. The van der Waals surface area contributed by atoms with Crippen LogP contribution in [0.2, 0.25) is 0 Å². The van der Waals surface area contributed by atoms with E-state index in [1.165, 1.54) is 13.2 Å². The molecular formula is C3H5NORbYb-. The van der Waals surface area contributed by atoms with Gasteiger partial charge >= 0.3 is 58.2 Å². The first-order chi connectivity index (χ1) is 2.27. The zero-order valence-electron chi connectivity index (χ0n) is 4.25. The van der Waals surface area contributed by atoms with E-state index in [1.54, 1.807) is 0 Å². The molecule has 0 aliphatic heterocycles. The van der Waals surface area contributed by atoms with Crippen LogP contribution in [-0.4, -0.2) is 12.3 Å². The number of rotatable bonds is 1. The zero-order valence-corrected chi connectivity index (χ0v) is 10.9. The van der Waals surface area contributed by atoms with Crippen LogP contribution in [0.1, 0.15) is 6.92 Å². The molecule has 2 nitrogen and oxygen atoms in total. The molecule has 0 spiro atoms. The molecule has 0 aliphatic carbocycles. The molecule has 44 valence electrons. The van der Waals surface area contributed by atoms with Crippen LogP contribution in [0.4, 0.5) is 0 Å². The molecule has 0 saturated carbocycles. The van der Waals surface area contributed by atoms with Gasteiger partial charge in [-0.1, -0.05) is 0 Å². The van der Waals surface area contributed by atoms with Crippen molar-refractivity contribution in [3.05, 3.63) is 5.73 Å². The van der Waals surface area contributed by atoms with E-state index in [0.717, 1.165) is 0 Å². The van der Waals surface area contributed by atoms with E-state index in [9.17, 15) is 4.79 Å². The molecule has 0 rings (SSSR count). The molecule has 0 heterocycles. The van der Waals surface area contributed by atoms with E-state index in [2.05, 4.69) is 0 Å². The summed E-state index contributed by atoms with van der Waals surface area (Å²) in [6.07, 6.45) is 1.44. The third kappa shape index (κ3) is 17.6. The first-order valence-corrected chi connectivity index (χ1v) is 1.36. The summed E-state index contributed by atoms with van der Waals surface area (Å²) in [5, 5.41) is 0. The molecular weight excluding hydrogens is 325 g/mol. The van der Waals surface area contributed by atoms with Crippen molar-refractivity contribution in [2.45, 2.75) is 13.0 Å². The number of carbonyl (C=O) groups excluding carboxylic acids is 1. The summed E-state index contributed by atoms with van der Waals surface area (Å²) >= 11 is 0. The van der Waals surface area contributed by atoms with Crippen molar-refractivity contribution in [3.8, 4) is 0 Å². The molecule has 0 bridgehead atoms. The third-order valence-corrected chi connectivity index (χ3v) is 0.177. The van der Waals surface area contributed by atoms with Gasteiger partial charge in [-0.05, 0) is 0 Å². The molecule has 0 aromatic rings. The van der Waals surface area contributed by atoms with E-state index in [4.69, 9.17) is 5.73 Å². The quantitative estimate of drug-likeness (QED) is 0.492. The molecule has 0 fully saturated rings. The van der Waals surface area contributed by atoms with E-state index in [-0.39, 0.29) is 105 Å². The van der Waals surface area contributed by atoms with Gasteiger partial charge in [-0.25, -0.2) is 6.04 Å². The maximum absolute atomic E-state index is 9.19. The first-order valence-electron chi connectivity index (χ1n) is 1.36. The van der Waals surface area contributed by atoms with Gasteiger partial charge in [0, 0.05) is 46.9 Å². The van der Waals surface area contributed by atoms with Crippen molar-refractivity contribution >= 4 is 6.29 Å². The Labute approximate surface area is 131 Å². The molecule has 0 aromatic carbocycles. The summed E-state index contributed by atoms with van der Waals surface area (Å²) in [5.74, 6) is 0. The van der Waals surface area contributed by atoms with Crippen LogP contribution < -0.4 is 58.2 Å². The fourth-order valence-corrected chi connectivity index (χ4v) is 0. The Balaban J connectivity index is -0.0000000800. The number of hydrogen-bond acceptors (Lipinski definition) is 1. The van der Waals surface area contributed by atoms with Gasteiger partial charge in [0.15, 0.2) is 0 Å². The molecule has 0 amide bonds. The van der Waals surface area contributed by atoms with Crippen LogP contribution in [0, 0.1) is 46.9 Å². The summed E-state index contributed by atoms with van der Waals surface area (Å²) < 4.78 is 0. The Bertz CT molecular complexity index is 41.9. The molecule has 0 saturated heterocycles. The second kappa shape index (κ2) is 11.7. The molecule has 1 atom stereocenters. The number of hydrogen-bond donors (Lipinski definition) is 0. The molecule has 7 heavy (non-hydrogen) atoms. The Morgan fingerprint density at radius 2 is 1.86 bits per heavy atom. The van der Waals surface area contributed by atoms with E-state index in [0.29, 0.717) is 0 Å². The second-order valence-electron chi connectivity index (χ2n) is 0.840. The predicted octanol–water partition coefficient (Wildman–Crippen LogP) is -2.46. The van der Waals surface area contributed by atoms with Gasteiger partial charge in [-0.15, -0.1) is 6.92 Å². The minimum atomic E-state index is -0.671. The molecule has 1 unspecified atom stereocenters. The SMILES string of the molecule is CC([NH-])[C-]=O.[Rb+].[Yb]. The minimum Gasteiger partial charge on any atom is -0.698 e. The smallest absolute Gasteiger partial charge is 0.698 e. The van der Waals surface area contributed by atoms with Gasteiger partial charge in [0.2, 0.25) is 0 Å². The minimum absolute atomic E-state index is 0. The van der Waals surface area contributed by atoms with Crippen molar-refractivity contribution in [1.82, 2.24) is 0 Å². The molecule has 0 aliphatic rings.